The first-order valence-corrected chi connectivity index (χ1v) is 7.36. The van der Waals surface area contributed by atoms with Crippen molar-refractivity contribution in [2.75, 3.05) is 0 Å². The van der Waals surface area contributed by atoms with Crippen LogP contribution in [0.5, 0.6) is 0 Å². The molecule has 1 saturated carbocycles. The molecule has 1 N–H and O–H groups in total. The number of aliphatic carboxylic acids is 1. The van der Waals surface area contributed by atoms with Gasteiger partial charge in [-0.25, -0.2) is 0 Å². The van der Waals surface area contributed by atoms with Gasteiger partial charge in [-0.2, -0.15) is 15.0 Å². The smallest absolute Gasteiger partial charge is 0.314 e. The number of hydrogen-bond donors (Lipinski definition) is 1. The topological polar surface area (TPSA) is 68.0 Å². The number of benzene rings is 1. The molecule has 0 amide bonds. The maximum atomic E-state index is 12.0. The zero-order valence-electron chi connectivity index (χ0n) is 12.1. The van der Waals surface area contributed by atoms with Gasteiger partial charge in [0.15, 0.2) is 0 Å². The van der Waals surface area contributed by atoms with Gasteiger partial charge in [0.25, 0.3) is 0 Å². The van der Waals surface area contributed by atoms with Gasteiger partial charge in [0.1, 0.15) is 0 Å². The summed E-state index contributed by atoms with van der Waals surface area (Å²) in [6.45, 7) is 1.87. The molecule has 1 aromatic carbocycles. The fourth-order valence-corrected chi connectivity index (χ4v) is 3.26. The molecular weight excluding hydrogens is 266 g/mol. The van der Waals surface area contributed by atoms with Crippen LogP contribution in [0, 0.1) is 6.92 Å². The molecule has 1 aromatic heterocycles. The van der Waals surface area contributed by atoms with Gasteiger partial charge in [-0.1, -0.05) is 37.5 Å². The summed E-state index contributed by atoms with van der Waals surface area (Å²) in [6.07, 6.45) is 6.05. The average molecular weight is 285 g/mol. The number of carboxylic acid groups (broad SMARTS) is 1. The summed E-state index contributed by atoms with van der Waals surface area (Å²) in [7, 11) is 0. The Labute approximate surface area is 123 Å². The fourth-order valence-electron chi connectivity index (χ4n) is 3.26. The van der Waals surface area contributed by atoms with Gasteiger partial charge in [0.2, 0.25) is 0 Å². The molecule has 0 spiro atoms. The van der Waals surface area contributed by atoms with E-state index in [0.29, 0.717) is 12.8 Å². The molecule has 3 rings (SSSR count). The molecule has 2 aromatic rings. The lowest BCUT2D eigenvalue weighted by Gasteiger charge is -2.34. The van der Waals surface area contributed by atoms with Gasteiger partial charge in [0.05, 0.1) is 23.0 Å². The highest BCUT2D eigenvalue weighted by Crippen LogP contribution is 2.41. The molecule has 1 aliphatic rings. The van der Waals surface area contributed by atoms with Crippen molar-refractivity contribution >= 4 is 5.97 Å². The van der Waals surface area contributed by atoms with Crippen LogP contribution in [0.4, 0.5) is 0 Å². The van der Waals surface area contributed by atoms with E-state index < -0.39 is 11.4 Å². The number of carbonyl (C=O) groups is 1. The molecule has 0 aliphatic heterocycles. The van der Waals surface area contributed by atoms with Gasteiger partial charge in [0, 0.05) is 0 Å². The van der Waals surface area contributed by atoms with E-state index in [9.17, 15) is 9.90 Å². The van der Waals surface area contributed by atoms with Crippen molar-refractivity contribution < 1.29 is 9.90 Å². The normalized spacial score (nSPS) is 17.6. The first-order valence-electron chi connectivity index (χ1n) is 7.36. The van der Waals surface area contributed by atoms with Crippen LogP contribution < -0.4 is 0 Å². The van der Waals surface area contributed by atoms with Crippen molar-refractivity contribution in [1.29, 1.82) is 0 Å². The van der Waals surface area contributed by atoms with Crippen LogP contribution in [0.3, 0.4) is 0 Å². The Morgan fingerprint density at radius 1 is 1.24 bits per heavy atom. The van der Waals surface area contributed by atoms with E-state index in [4.69, 9.17) is 0 Å². The van der Waals surface area contributed by atoms with Crippen molar-refractivity contribution in [1.82, 2.24) is 15.0 Å². The Morgan fingerprint density at radius 2 is 1.95 bits per heavy atom. The lowest BCUT2D eigenvalue weighted by Crippen LogP contribution is -2.38. The second-order valence-corrected chi connectivity index (χ2v) is 5.74. The van der Waals surface area contributed by atoms with E-state index in [2.05, 4.69) is 10.2 Å². The summed E-state index contributed by atoms with van der Waals surface area (Å²) in [6, 6.07) is 7.60. The number of aryl methyl sites for hydroxylation is 1. The van der Waals surface area contributed by atoms with Crippen LogP contribution in [0.15, 0.2) is 30.5 Å². The van der Waals surface area contributed by atoms with E-state index in [-0.39, 0.29) is 0 Å². The van der Waals surface area contributed by atoms with Crippen LogP contribution in [0.25, 0.3) is 5.69 Å². The lowest BCUT2D eigenvalue weighted by molar-refractivity contribution is -0.145. The van der Waals surface area contributed by atoms with Crippen LogP contribution in [0.2, 0.25) is 0 Å². The van der Waals surface area contributed by atoms with E-state index in [0.717, 1.165) is 36.2 Å². The van der Waals surface area contributed by atoms with Crippen molar-refractivity contribution in [2.45, 2.75) is 44.4 Å². The van der Waals surface area contributed by atoms with Crippen LogP contribution in [-0.2, 0) is 10.2 Å². The minimum absolute atomic E-state index is 0.680. The highest BCUT2D eigenvalue weighted by Gasteiger charge is 2.43. The predicted octanol–water partition coefficient (Wildman–Crippen LogP) is 2.86. The molecule has 0 radical (unpaired) electrons. The largest absolute Gasteiger partial charge is 0.481 e. The standard InChI is InChI=1S/C16H19N3O2/c1-12-11-17-19(18-12)14-8-4-3-7-13(14)16(15(20)21)9-5-2-6-10-16/h3-4,7-8,11H,2,5-6,9-10H2,1H3,(H,20,21). The van der Waals surface area contributed by atoms with Gasteiger partial charge in [-0.15, -0.1) is 0 Å². The van der Waals surface area contributed by atoms with Gasteiger partial charge in [-0.3, -0.25) is 4.79 Å². The van der Waals surface area contributed by atoms with Crippen LogP contribution >= 0.6 is 0 Å². The summed E-state index contributed by atoms with van der Waals surface area (Å²) in [5.74, 6) is -0.737. The molecule has 1 aliphatic carbocycles. The Kier molecular flexibility index (Phi) is 3.49. The summed E-state index contributed by atoms with van der Waals surface area (Å²) in [5, 5.41) is 18.5. The molecule has 1 fully saturated rings. The second-order valence-electron chi connectivity index (χ2n) is 5.74. The third kappa shape index (κ3) is 2.33. The Balaban J connectivity index is 2.15. The maximum absolute atomic E-state index is 12.0. The SMILES string of the molecule is Cc1cnn(-c2ccccc2C2(C(=O)O)CCCCC2)n1. The zero-order valence-corrected chi connectivity index (χ0v) is 12.1. The zero-order chi connectivity index (χ0) is 14.9. The van der Waals surface area contributed by atoms with Crippen molar-refractivity contribution in [3.05, 3.63) is 41.7 Å². The van der Waals surface area contributed by atoms with Crippen LogP contribution in [-0.4, -0.2) is 26.1 Å². The molecule has 1 heterocycles. The molecule has 0 bridgehead atoms. The first kappa shape index (κ1) is 13.8. The highest BCUT2D eigenvalue weighted by molar-refractivity contribution is 5.83. The molecular formula is C16H19N3O2. The number of carboxylic acids is 1. The van der Waals surface area contributed by atoms with E-state index >= 15 is 0 Å². The third-order valence-corrected chi connectivity index (χ3v) is 4.36. The first-order chi connectivity index (χ1) is 10.1. The summed E-state index contributed by atoms with van der Waals surface area (Å²) < 4.78 is 0. The molecule has 0 unspecified atom stereocenters. The van der Waals surface area contributed by atoms with E-state index in [1.807, 2.05) is 31.2 Å². The van der Waals surface area contributed by atoms with Gasteiger partial charge < -0.3 is 5.11 Å². The molecule has 0 atom stereocenters. The minimum Gasteiger partial charge on any atom is -0.481 e. The summed E-state index contributed by atoms with van der Waals surface area (Å²) >= 11 is 0. The van der Waals surface area contributed by atoms with Gasteiger partial charge in [-0.05, 0) is 31.4 Å². The maximum Gasteiger partial charge on any atom is 0.314 e. The molecule has 110 valence electrons. The van der Waals surface area contributed by atoms with E-state index in [1.165, 1.54) is 0 Å². The third-order valence-electron chi connectivity index (χ3n) is 4.36. The number of rotatable bonds is 3. The monoisotopic (exact) mass is 285 g/mol. The molecule has 5 heteroatoms. The second kappa shape index (κ2) is 5.31. The number of nitrogens with zero attached hydrogens (tertiary/aromatic N) is 3. The van der Waals surface area contributed by atoms with Crippen LogP contribution in [0.1, 0.15) is 43.4 Å². The number of aromatic nitrogens is 3. The van der Waals surface area contributed by atoms with Gasteiger partial charge >= 0.3 is 5.97 Å². The number of para-hydroxylation sites is 1. The molecule has 0 saturated heterocycles. The van der Waals surface area contributed by atoms with Crippen molar-refractivity contribution in [3.8, 4) is 5.69 Å². The quantitative estimate of drug-likeness (QED) is 0.941. The average Bonchev–Trinajstić information content (AvgIpc) is 2.94. The van der Waals surface area contributed by atoms with E-state index in [1.54, 1.807) is 11.0 Å². The Bertz CT molecular complexity index is 657. The minimum atomic E-state index is -0.809. The summed E-state index contributed by atoms with van der Waals surface area (Å²) in [4.78, 5) is 13.6. The molecule has 21 heavy (non-hydrogen) atoms. The summed E-state index contributed by atoms with van der Waals surface area (Å²) in [5.41, 5.74) is 1.61. The predicted molar refractivity (Wildman–Crippen MR) is 78.5 cm³/mol. The highest BCUT2D eigenvalue weighted by atomic mass is 16.4. The Morgan fingerprint density at radius 3 is 2.57 bits per heavy atom. The van der Waals surface area contributed by atoms with Crippen molar-refractivity contribution in [2.24, 2.45) is 0 Å². The number of hydrogen-bond acceptors (Lipinski definition) is 3. The lowest BCUT2D eigenvalue weighted by atomic mass is 9.69. The van der Waals surface area contributed by atoms with Crippen molar-refractivity contribution in [3.63, 3.8) is 0 Å². The Hall–Kier alpha value is -2.17. The molecule has 5 nitrogen and oxygen atoms in total. The fraction of sp³-hybridized carbons (Fsp3) is 0.438.